The monoisotopic (exact) mass is 456 g/mol. The first-order chi connectivity index (χ1) is 16.4. The summed E-state index contributed by atoms with van der Waals surface area (Å²) in [6.45, 7) is 8.87. The van der Waals surface area contributed by atoms with Crippen molar-refractivity contribution >= 4 is 28.8 Å². The fourth-order valence-electron chi connectivity index (χ4n) is 3.87. The topological polar surface area (TPSA) is 67.9 Å². The number of anilines is 2. The molecule has 0 spiro atoms. The van der Waals surface area contributed by atoms with E-state index in [0.717, 1.165) is 16.9 Å². The van der Waals surface area contributed by atoms with E-state index in [2.05, 4.69) is 5.32 Å². The summed E-state index contributed by atoms with van der Waals surface area (Å²) in [5, 5.41) is 3.19. The van der Waals surface area contributed by atoms with Crippen molar-refractivity contribution in [3.8, 4) is 11.5 Å². The molecule has 6 heteroatoms. The molecule has 1 aliphatic rings. The van der Waals surface area contributed by atoms with Crippen molar-refractivity contribution in [1.82, 2.24) is 0 Å². The van der Waals surface area contributed by atoms with Crippen LogP contribution in [-0.2, 0) is 9.59 Å². The average Bonchev–Trinajstić information content (AvgIpc) is 3.07. The van der Waals surface area contributed by atoms with Gasteiger partial charge in [0, 0.05) is 11.8 Å². The second-order valence-corrected chi connectivity index (χ2v) is 8.01. The first-order valence-corrected chi connectivity index (χ1v) is 11.4. The fourth-order valence-corrected chi connectivity index (χ4v) is 3.87. The Morgan fingerprint density at radius 3 is 2.15 bits per heavy atom. The molecule has 0 radical (unpaired) electrons. The summed E-state index contributed by atoms with van der Waals surface area (Å²) in [5.41, 5.74) is 4.57. The Kier molecular flexibility index (Phi) is 6.68. The zero-order valence-corrected chi connectivity index (χ0v) is 19.8. The van der Waals surface area contributed by atoms with Crippen LogP contribution in [0.1, 0.15) is 30.5 Å². The third kappa shape index (κ3) is 4.53. The number of nitrogens with one attached hydrogen (secondary N) is 1. The van der Waals surface area contributed by atoms with Crippen molar-refractivity contribution in [3.63, 3.8) is 0 Å². The Morgan fingerprint density at radius 2 is 1.47 bits per heavy atom. The van der Waals surface area contributed by atoms with E-state index in [-0.39, 0.29) is 11.6 Å². The predicted octanol–water partition coefficient (Wildman–Crippen LogP) is 5.50. The summed E-state index contributed by atoms with van der Waals surface area (Å²) in [6.07, 6.45) is 0. The highest BCUT2D eigenvalue weighted by molar-refractivity contribution is 6.46. The normalized spacial score (nSPS) is 13.5. The molecule has 0 unspecified atom stereocenters. The summed E-state index contributed by atoms with van der Waals surface area (Å²) in [5.74, 6) is 0.539. The standard InChI is InChI=1S/C28H28N2O4/c1-5-33-23-14-12-21(13-15-23)29-26-25(20-11-10-18(3)19(4)16-20)27(31)30(28(26)32)22-8-7-9-24(17-22)34-6-2/h7-17,29H,5-6H2,1-4H3. The Morgan fingerprint density at radius 1 is 0.765 bits per heavy atom. The zero-order chi connectivity index (χ0) is 24.2. The molecule has 6 nitrogen and oxygen atoms in total. The minimum Gasteiger partial charge on any atom is -0.494 e. The molecule has 3 aromatic carbocycles. The van der Waals surface area contributed by atoms with Crippen LogP contribution in [0.3, 0.4) is 0 Å². The van der Waals surface area contributed by atoms with E-state index in [1.54, 1.807) is 24.3 Å². The number of ether oxygens (including phenoxy) is 2. The molecule has 0 saturated heterocycles. The number of nitrogens with zero attached hydrogens (tertiary/aromatic N) is 1. The second-order valence-electron chi connectivity index (χ2n) is 8.01. The van der Waals surface area contributed by atoms with Gasteiger partial charge in [0.1, 0.15) is 17.2 Å². The number of hydrogen-bond acceptors (Lipinski definition) is 5. The molecule has 174 valence electrons. The lowest BCUT2D eigenvalue weighted by molar-refractivity contribution is -0.120. The van der Waals surface area contributed by atoms with Crippen LogP contribution in [0.2, 0.25) is 0 Å². The quantitative estimate of drug-likeness (QED) is 0.454. The first-order valence-electron chi connectivity index (χ1n) is 11.4. The van der Waals surface area contributed by atoms with Gasteiger partial charge in [-0.05, 0) is 80.8 Å². The highest BCUT2D eigenvalue weighted by Gasteiger charge is 2.40. The third-order valence-corrected chi connectivity index (χ3v) is 5.70. The molecule has 0 atom stereocenters. The van der Waals surface area contributed by atoms with Crippen LogP contribution in [0.4, 0.5) is 11.4 Å². The Labute approximate surface area is 199 Å². The highest BCUT2D eigenvalue weighted by atomic mass is 16.5. The number of rotatable bonds is 8. The second kappa shape index (κ2) is 9.83. The highest BCUT2D eigenvalue weighted by Crippen LogP contribution is 2.35. The molecule has 0 aromatic heterocycles. The number of hydrogen-bond donors (Lipinski definition) is 1. The van der Waals surface area contributed by atoms with Crippen LogP contribution in [0.25, 0.3) is 5.57 Å². The number of aryl methyl sites for hydroxylation is 2. The lowest BCUT2D eigenvalue weighted by Gasteiger charge is -2.16. The van der Waals surface area contributed by atoms with Crippen LogP contribution in [0, 0.1) is 13.8 Å². The van der Waals surface area contributed by atoms with Crippen LogP contribution >= 0.6 is 0 Å². The van der Waals surface area contributed by atoms with Crippen molar-refractivity contribution in [3.05, 3.63) is 89.1 Å². The van der Waals surface area contributed by atoms with E-state index in [1.165, 1.54) is 4.90 Å². The number of carbonyl (C=O) groups excluding carboxylic acids is 2. The maximum Gasteiger partial charge on any atom is 0.282 e. The average molecular weight is 457 g/mol. The lowest BCUT2D eigenvalue weighted by Crippen LogP contribution is -2.32. The SMILES string of the molecule is CCOc1ccc(NC2=C(c3ccc(C)c(C)c3)C(=O)N(c3cccc(OCC)c3)C2=O)cc1. The predicted molar refractivity (Wildman–Crippen MR) is 134 cm³/mol. The molecule has 1 N–H and O–H groups in total. The third-order valence-electron chi connectivity index (χ3n) is 5.70. The molecular formula is C28H28N2O4. The van der Waals surface area contributed by atoms with Crippen molar-refractivity contribution < 1.29 is 19.1 Å². The van der Waals surface area contributed by atoms with E-state index in [0.29, 0.717) is 41.5 Å². The van der Waals surface area contributed by atoms with Gasteiger partial charge in [0.2, 0.25) is 0 Å². The molecule has 3 aromatic rings. The molecule has 4 rings (SSSR count). The molecule has 0 fully saturated rings. The molecule has 1 heterocycles. The van der Waals surface area contributed by atoms with Crippen molar-refractivity contribution in [2.75, 3.05) is 23.4 Å². The summed E-state index contributed by atoms with van der Waals surface area (Å²) < 4.78 is 11.1. The smallest absolute Gasteiger partial charge is 0.282 e. The minimum absolute atomic E-state index is 0.235. The molecule has 2 amide bonds. The lowest BCUT2D eigenvalue weighted by atomic mass is 9.99. The maximum absolute atomic E-state index is 13.7. The zero-order valence-electron chi connectivity index (χ0n) is 19.8. The maximum atomic E-state index is 13.7. The van der Waals surface area contributed by atoms with Crippen molar-refractivity contribution in [2.45, 2.75) is 27.7 Å². The molecule has 34 heavy (non-hydrogen) atoms. The van der Waals surface area contributed by atoms with Crippen LogP contribution in [-0.4, -0.2) is 25.0 Å². The number of imide groups is 1. The Hall–Kier alpha value is -4.06. The number of carbonyl (C=O) groups is 2. The summed E-state index contributed by atoms with van der Waals surface area (Å²) >= 11 is 0. The molecular weight excluding hydrogens is 428 g/mol. The van der Waals surface area contributed by atoms with E-state index >= 15 is 0 Å². The molecule has 0 saturated carbocycles. The minimum atomic E-state index is -0.416. The van der Waals surface area contributed by atoms with Gasteiger partial charge in [0.15, 0.2) is 0 Å². The largest absolute Gasteiger partial charge is 0.494 e. The van der Waals surface area contributed by atoms with E-state index in [9.17, 15) is 9.59 Å². The molecule has 0 bridgehead atoms. The fraction of sp³-hybridized carbons (Fsp3) is 0.214. The van der Waals surface area contributed by atoms with E-state index in [1.807, 2.05) is 70.2 Å². The Balaban J connectivity index is 1.77. The van der Waals surface area contributed by atoms with Crippen LogP contribution in [0.5, 0.6) is 11.5 Å². The van der Waals surface area contributed by atoms with Gasteiger partial charge < -0.3 is 14.8 Å². The van der Waals surface area contributed by atoms with Crippen LogP contribution in [0.15, 0.2) is 72.4 Å². The van der Waals surface area contributed by atoms with Gasteiger partial charge in [0.05, 0.1) is 24.5 Å². The summed E-state index contributed by atoms with van der Waals surface area (Å²) in [6, 6.07) is 20.1. The van der Waals surface area contributed by atoms with E-state index < -0.39 is 5.91 Å². The van der Waals surface area contributed by atoms with Gasteiger partial charge in [-0.2, -0.15) is 0 Å². The number of benzene rings is 3. The summed E-state index contributed by atoms with van der Waals surface area (Å²) in [4.78, 5) is 28.5. The van der Waals surface area contributed by atoms with E-state index in [4.69, 9.17) is 9.47 Å². The van der Waals surface area contributed by atoms with Gasteiger partial charge in [-0.1, -0.05) is 24.3 Å². The van der Waals surface area contributed by atoms with Gasteiger partial charge in [-0.15, -0.1) is 0 Å². The number of amides is 2. The molecule has 0 aliphatic carbocycles. The Bertz CT molecular complexity index is 1260. The van der Waals surface area contributed by atoms with Gasteiger partial charge in [0.25, 0.3) is 11.8 Å². The summed E-state index contributed by atoms with van der Waals surface area (Å²) in [7, 11) is 0. The molecule has 1 aliphatic heterocycles. The van der Waals surface area contributed by atoms with Gasteiger partial charge in [-0.25, -0.2) is 4.90 Å². The van der Waals surface area contributed by atoms with Gasteiger partial charge >= 0.3 is 0 Å². The van der Waals surface area contributed by atoms with Crippen molar-refractivity contribution in [2.24, 2.45) is 0 Å². The van der Waals surface area contributed by atoms with Gasteiger partial charge in [-0.3, -0.25) is 9.59 Å². The van der Waals surface area contributed by atoms with Crippen LogP contribution < -0.4 is 19.7 Å². The first kappa shape index (κ1) is 23.1. The van der Waals surface area contributed by atoms with Crippen molar-refractivity contribution in [1.29, 1.82) is 0 Å².